The lowest BCUT2D eigenvalue weighted by molar-refractivity contribution is -0.129. The molecule has 0 aliphatic rings. The van der Waals surface area contributed by atoms with E-state index in [1.54, 1.807) is 24.1 Å². The van der Waals surface area contributed by atoms with Crippen molar-refractivity contribution in [2.24, 2.45) is 0 Å². The van der Waals surface area contributed by atoms with E-state index < -0.39 is 0 Å². The second kappa shape index (κ2) is 6.10. The molecule has 0 fully saturated rings. The second-order valence-corrected chi connectivity index (χ2v) is 3.47. The molecule has 88 valence electrons. The van der Waals surface area contributed by atoms with E-state index in [-0.39, 0.29) is 11.7 Å². The van der Waals surface area contributed by atoms with Gasteiger partial charge in [0.2, 0.25) is 5.91 Å². The normalized spacial score (nSPS) is 9.94. The largest absolute Gasteiger partial charge is 0.492 e. The highest BCUT2D eigenvalue weighted by Gasteiger charge is 2.05. The average molecular weight is 225 g/mol. The van der Waals surface area contributed by atoms with Gasteiger partial charge in [-0.05, 0) is 12.1 Å². The van der Waals surface area contributed by atoms with Crippen molar-refractivity contribution < 1.29 is 13.9 Å². The number of carbonyl (C=O) groups excluding carboxylic acids is 1. The van der Waals surface area contributed by atoms with Crippen molar-refractivity contribution in [3.63, 3.8) is 0 Å². The molecule has 3 nitrogen and oxygen atoms in total. The molecular weight excluding hydrogens is 209 g/mol. The number of carbonyl (C=O) groups is 1. The Morgan fingerprint density at radius 2 is 2.25 bits per heavy atom. The summed E-state index contributed by atoms with van der Waals surface area (Å²) in [5.41, 5.74) is 0. The lowest BCUT2D eigenvalue weighted by Crippen LogP contribution is -2.30. The molecule has 0 atom stereocenters. The van der Waals surface area contributed by atoms with Crippen molar-refractivity contribution in [2.75, 3.05) is 20.2 Å². The van der Waals surface area contributed by atoms with E-state index in [0.29, 0.717) is 25.3 Å². The lowest BCUT2D eigenvalue weighted by atomic mass is 10.3. The molecule has 0 saturated carbocycles. The number of likely N-dealkylation sites (N-methyl/N-ethyl adjacent to an activating group) is 1. The van der Waals surface area contributed by atoms with Gasteiger partial charge < -0.3 is 9.64 Å². The van der Waals surface area contributed by atoms with Gasteiger partial charge in [0.05, 0.1) is 6.54 Å². The van der Waals surface area contributed by atoms with Crippen LogP contribution in [0.15, 0.2) is 24.3 Å². The third-order valence-corrected chi connectivity index (χ3v) is 2.22. The number of halogens is 1. The molecule has 0 N–H and O–H groups in total. The van der Waals surface area contributed by atoms with Crippen molar-refractivity contribution in [1.82, 2.24) is 4.90 Å². The number of ether oxygens (including phenoxy) is 1. The molecule has 0 heterocycles. The van der Waals surface area contributed by atoms with Crippen molar-refractivity contribution >= 4 is 5.91 Å². The molecule has 1 aromatic rings. The minimum atomic E-state index is -0.324. The van der Waals surface area contributed by atoms with Gasteiger partial charge in [0, 0.05) is 19.5 Å². The summed E-state index contributed by atoms with van der Waals surface area (Å²) in [4.78, 5) is 12.8. The van der Waals surface area contributed by atoms with Gasteiger partial charge in [-0.2, -0.15) is 0 Å². The van der Waals surface area contributed by atoms with E-state index in [1.807, 2.05) is 6.92 Å². The first-order valence-electron chi connectivity index (χ1n) is 5.25. The molecule has 0 spiro atoms. The van der Waals surface area contributed by atoms with Gasteiger partial charge in [-0.15, -0.1) is 0 Å². The van der Waals surface area contributed by atoms with Gasteiger partial charge in [0.15, 0.2) is 0 Å². The maximum Gasteiger partial charge on any atom is 0.222 e. The predicted molar refractivity (Wildman–Crippen MR) is 59.8 cm³/mol. The number of rotatable bonds is 5. The van der Waals surface area contributed by atoms with Crippen LogP contribution in [0.2, 0.25) is 0 Å². The van der Waals surface area contributed by atoms with Crippen LogP contribution in [0, 0.1) is 5.82 Å². The van der Waals surface area contributed by atoms with Crippen molar-refractivity contribution in [1.29, 1.82) is 0 Å². The van der Waals surface area contributed by atoms with Crippen LogP contribution >= 0.6 is 0 Å². The smallest absolute Gasteiger partial charge is 0.222 e. The van der Waals surface area contributed by atoms with Crippen LogP contribution in [-0.2, 0) is 4.79 Å². The molecule has 4 heteroatoms. The molecule has 1 rings (SSSR count). The molecule has 0 radical (unpaired) electrons. The van der Waals surface area contributed by atoms with E-state index in [4.69, 9.17) is 4.74 Å². The van der Waals surface area contributed by atoms with Gasteiger partial charge >= 0.3 is 0 Å². The fraction of sp³-hybridized carbons (Fsp3) is 0.417. The summed E-state index contributed by atoms with van der Waals surface area (Å²) in [6.45, 7) is 2.68. The summed E-state index contributed by atoms with van der Waals surface area (Å²) in [5.74, 6) is 0.232. The van der Waals surface area contributed by atoms with E-state index in [9.17, 15) is 9.18 Å². The third-order valence-electron chi connectivity index (χ3n) is 2.22. The standard InChI is InChI=1S/C12H16FNO2/c1-3-12(15)14(2)7-8-16-11-6-4-5-10(13)9-11/h4-6,9H,3,7-8H2,1-2H3. The van der Waals surface area contributed by atoms with E-state index in [0.717, 1.165) is 0 Å². The molecule has 0 aliphatic carbocycles. The maximum atomic E-state index is 12.8. The number of amides is 1. The molecule has 0 aliphatic heterocycles. The molecular formula is C12H16FNO2. The first kappa shape index (κ1) is 12.5. The summed E-state index contributed by atoms with van der Waals surface area (Å²) in [6, 6.07) is 5.96. The zero-order valence-electron chi connectivity index (χ0n) is 9.57. The van der Waals surface area contributed by atoms with Crippen LogP contribution in [0.5, 0.6) is 5.75 Å². The first-order valence-corrected chi connectivity index (χ1v) is 5.25. The highest BCUT2D eigenvalue weighted by atomic mass is 19.1. The Hall–Kier alpha value is -1.58. The number of hydrogen-bond donors (Lipinski definition) is 0. The fourth-order valence-corrected chi connectivity index (χ4v) is 1.25. The van der Waals surface area contributed by atoms with Crippen LogP contribution < -0.4 is 4.74 Å². The molecule has 16 heavy (non-hydrogen) atoms. The summed E-state index contributed by atoms with van der Waals surface area (Å²) in [5, 5.41) is 0. The topological polar surface area (TPSA) is 29.5 Å². The monoisotopic (exact) mass is 225 g/mol. The molecule has 1 aromatic carbocycles. The highest BCUT2D eigenvalue weighted by molar-refractivity contribution is 5.75. The predicted octanol–water partition coefficient (Wildman–Crippen LogP) is 2.07. The number of nitrogens with zero attached hydrogens (tertiary/aromatic N) is 1. The Kier molecular flexibility index (Phi) is 4.76. The zero-order valence-corrected chi connectivity index (χ0v) is 9.57. The van der Waals surface area contributed by atoms with Crippen molar-refractivity contribution in [2.45, 2.75) is 13.3 Å². The van der Waals surface area contributed by atoms with E-state index in [2.05, 4.69) is 0 Å². The van der Waals surface area contributed by atoms with Crippen LogP contribution in [0.25, 0.3) is 0 Å². The SMILES string of the molecule is CCC(=O)N(C)CCOc1cccc(F)c1. The minimum absolute atomic E-state index is 0.0721. The fourth-order valence-electron chi connectivity index (χ4n) is 1.25. The average Bonchev–Trinajstić information content (AvgIpc) is 2.28. The van der Waals surface area contributed by atoms with Crippen LogP contribution in [0.3, 0.4) is 0 Å². The van der Waals surface area contributed by atoms with Crippen molar-refractivity contribution in [3.05, 3.63) is 30.1 Å². The minimum Gasteiger partial charge on any atom is -0.492 e. The van der Waals surface area contributed by atoms with Gasteiger partial charge in [-0.1, -0.05) is 13.0 Å². The maximum absolute atomic E-state index is 12.8. The highest BCUT2D eigenvalue weighted by Crippen LogP contribution is 2.11. The Bertz CT molecular complexity index is 355. The Balaban J connectivity index is 2.33. The van der Waals surface area contributed by atoms with Gasteiger partial charge in [0.1, 0.15) is 18.2 Å². The summed E-state index contributed by atoms with van der Waals surface area (Å²) >= 11 is 0. The number of benzene rings is 1. The third kappa shape index (κ3) is 3.88. The Labute approximate surface area is 94.8 Å². The molecule has 0 unspecified atom stereocenters. The van der Waals surface area contributed by atoms with E-state index >= 15 is 0 Å². The zero-order chi connectivity index (χ0) is 12.0. The number of hydrogen-bond acceptors (Lipinski definition) is 2. The second-order valence-electron chi connectivity index (χ2n) is 3.47. The Morgan fingerprint density at radius 3 is 2.88 bits per heavy atom. The van der Waals surface area contributed by atoms with Crippen LogP contribution in [0.4, 0.5) is 4.39 Å². The molecule has 0 saturated heterocycles. The van der Waals surface area contributed by atoms with Gasteiger partial charge in [0.25, 0.3) is 0 Å². The lowest BCUT2D eigenvalue weighted by Gasteiger charge is -2.16. The first-order chi connectivity index (χ1) is 7.63. The quantitative estimate of drug-likeness (QED) is 0.767. The van der Waals surface area contributed by atoms with Crippen LogP contribution in [0.1, 0.15) is 13.3 Å². The molecule has 0 bridgehead atoms. The van der Waals surface area contributed by atoms with Crippen LogP contribution in [-0.4, -0.2) is 31.0 Å². The van der Waals surface area contributed by atoms with Crippen molar-refractivity contribution in [3.8, 4) is 5.75 Å². The molecule has 0 aromatic heterocycles. The van der Waals surface area contributed by atoms with Gasteiger partial charge in [-0.3, -0.25) is 4.79 Å². The van der Waals surface area contributed by atoms with Gasteiger partial charge in [-0.25, -0.2) is 4.39 Å². The Morgan fingerprint density at radius 1 is 1.50 bits per heavy atom. The van der Waals surface area contributed by atoms with E-state index in [1.165, 1.54) is 12.1 Å². The summed E-state index contributed by atoms with van der Waals surface area (Å²) in [7, 11) is 1.72. The summed E-state index contributed by atoms with van der Waals surface area (Å²) in [6.07, 6.45) is 0.483. The molecule has 1 amide bonds. The summed E-state index contributed by atoms with van der Waals surface area (Å²) < 4.78 is 18.1.